The fourth-order valence-electron chi connectivity index (χ4n) is 2.19. The molecule has 132 valence electrons. The summed E-state index contributed by atoms with van der Waals surface area (Å²) in [6, 6.07) is 17.4. The van der Waals surface area contributed by atoms with Gasteiger partial charge in [0, 0.05) is 6.42 Å². The first-order valence-corrected chi connectivity index (χ1v) is 7.97. The first kappa shape index (κ1) is 18.5. The summed E-state index contributed by atoms with van der Waals surface area (Å²) in [5, 5.41) is 11.7. The highest BCUT2D eigenvalue weighted by molar-refractivity contribution is 5.84. The fourth-order valence-corrected chi connectivity index (χ4v) is 2.19. The van der Waals surface area contributed by atoms with Crippen molar-refractivity contribution in [3.63, 3.8) is 0 Å². The van der Waals surface area contributed by atoms with E-state index in [1.807, 2.05) is 60.7 Å². The van der Waals surface area contributed by atoms with Crippen LogP contribution in [-0.4, -0.2) is 42.8 Å². The number of hydrogen-bond acceptors (Lipinski definition) is 4. The number of carboxylic acids is 1. The number of nitrogens with one attached hydrogen (secondary N) is 1. The van der Waals surface area contributed by atoms with Crippen molar-refractivity contribution in [1.29, 1.82) is 0 Å². The van der Waals surface area contributed by atoms with Crippen molar-refractivity contribution in [1.82, 2.24) is 5.32 Å². The van der Waals surface area contributed by atoms with E-state index in [0.29, 0.717) is 6.61 Å². The third kappa shape index (κ3) is 7.05. The summed E-state index contributed by atoms with van der Waals surface area (Å²) >= 11 is 0. The largest absolute Gasteiger partial charge is 0.491 e. The van der Waals surface area contributed by atoms with Crippen molar-refractivity contribution >= 4 is 11.9 Å². The summed E-state index contributed by atoms with van der Waals surface area (Å²) in [5.41, 5.74) is 0.840. The molecule has 0 aliphatic rings. The Kier molecular flexibility index (Phi) is 7.46. The number of hydrogen-bond donors (Lipinski definition) is 2. The van der Waals surface area contributed by atoms with Gasteiger partial charge in [0.25, 0.3) is 0 Å². The maximum Gasteiger partial charge on any atom is 0.326 e. The van der Waals surface area contributed by atoms with Crippen molar-refractivity contribution in [2.45, 2.75) is 12.5 Å². The molecule has 0 fully saturated rings. The van der Waals surface area contributed by atoms with Crippen LogP contribution in [0, 0.1) is 0 Å². The van der Waals surface area contributed by atoms with Crippen LogP contribution in [0.3, 0.4) is 0 Å². The highest BCUT2D eigenvalue weighted by Crippen LogP contribution is 2.07. The van der Waals surface area contributed by atoms with E-state index in [1.165, 1.54) is 0 Å². The molecule has 2 rings (SSSR count). The molecule has 1 amide bonds. The zero-order chi connectivity index (χ0) is 17.9. The number of carbonyl (C=O) groups is 2. The van der Waals surface area contributed by atoms with Crippen molar-refractivity contribution in [3.8, 4) is 5.75 Å². The van der Waals surface area contributed by atoms with Gasteiger partial charge < -0.3 is 19.9 Å². The maximum atomic E-state index is 11.8. The number of aliphatic carboxylic acids is 1. The quantitative estimate of drug-likeness (QED) is 0.644. The molecular weight excluding hydrogens is 322 g/mol. The molecule has 6 heteroatoms. The minimum absolute atomic E-state index is 0.212. The Hall–Kier alpha value is -2.86. The van der Waals surface area contributed by atoms with E-state index in [0.717, 1.165) is 11.3 Å². The average molecular weight is 343 g/mol. The molecule has 1 unspecified atom stereocenters. The van der Waals surface area contributed by atoms with Crippen LogP contribution in [0.4, 0.5) is 0 Å². The first-order valence-electron chi connectivity index (χ1n) is 7.97. The average Bonchev–Trinajstić information content (AvgIpc) is 2.62. The molecule has 0 heterocycles. The Morgan fingerprint density at radius 1 is 0.960 bits per heavy atom. The second kappa shape index (κ2) is 10.1. The van der Waals surface area contributed by atoms with E-state index in [9.17, 15) is 14.7 Å². The smallest absolute Gasteiger partial charge is 0.326 e. The molecule has 0 aliphatic carbocycles. The number of benzene rings is 2. The second-order valence-electron chi connectivity index (χ2n) is 5.36. The Bertz CT molecular complexity index is 660. The van der Waals surface area contributed by atoms with Crippen LogP contribution in [0.5, 0.6) is 5.75 Å². The van der Waals surface area contributed by atoms with Crippen LogP contribution in [0.25, 0.3) is 0 Å². The van der Waals surface area contributed by atoms with E-state index in [1.54, 1.807) is 0 Å². The number of carbonyl (C=O) groups excluding carboxylic acids is 1. The van der Waals surface area contributed by atoms with E-state index in [-0.39, 0.29) is 19.6 Å². The number of carboxylic acid groups (broad SMARTS) is 1. The summed E-state index contributed by atoms with van der Waals surface area (Å²) in [7, 11) is 0. The molecule has 2 aromatic rings. The minimum Gasteiger partial charge on any atom is -0.491 e. The van der Waals surface area contributed by atoms with Crippen LogP contribution in [0.15, 0.2) is 60.7 Å². The first-order chi connectivity index (χ1) is 12.1. The lowest BCUT2D eigenvalue weighted by atomic mass is 10.1. The topological polar surface area (TPSA) is 84.9 Å². The zero-order valence-electron chi connectivity index (χ0n) is 13.8. The van der Waals surface area contributed by atoms with E-state index >= 15 is 0 Å². The lowest BCUT2D eigenvalue weighted by molar-refractivity contribution is -0.142. The van der Waals surface area contributed by atoms with Crippen molar-refractivity contribution in [2.24, 2.45) is 0 Å². The zero-order valence-corrected chi connectivity index (χ0v) is 13.8. The van der Waals surface area contributed by atoms with Crippen LogP contribution < -0.4 is 10.1 Å². The molecule has 0 bridgehead atoms. The molecule has 0 saturated carbocycles. The second-order valence-corrected chi connectivity index (χ2v) is 5.36. The molecule has 0 saturated heterocycles. The Balaban J connectivity index is 1.67. The van der Waals surface area contributed by atoms with Gasteiger partial charge in [-0.25, -0.2) is 4.79 Å². The normalized spacial score (nSPS) is 11.5. The molecule has 0 radical (unpaired) electrons. The Morgan fingerprint density at radius 2 is 1.60 bits per heavy atom. The van der Waals surface area contributed by atoms with Crippen LogP contribution in [-0.2, 0) is 20.7 Å². The van der Waals surface area contributed by atoms with Crippen molar-refractivity contribution < 1.29 is 24.2 Å². The van der Waals surface area contributed by atoms with Crippen LogP contribution in [0.2, 0.25) is 0 Å². The molecule has 25 heavy (non-hydrogen) atoms. The minimum atomic E-state index is -1.08. The number of para-hydroxylation sites is 1. The van der Waals surface area contributed by atoms with E-state index in [2.05, 4.69) is 5.32 Å². The molecule has 0 aromatic heterocycles. The van der Waals surface area contributed by atoms with Gasteiger partial charge in [0.1, 0.15) is 25.0 Å². The summed E-state index contributed by atoms with van der Waals surface area (Å²) in [6.07, 6.45) is 0.221. The molecule has 6 nitrogen and oxygen atoms in total. The molecule has 0 aliphatic heterocycles. The van der Waals surface area contributed by atoms with Gasteiger partial charge in [-0.2, -0.15) is 0 Å². The van der Waals surface area contributed by atoms with E-state index < -0.39 is 17.9 Å². The predicted octanol–water partition coefficient (Wildman–Crippen LogP) is 1.89. The number of ether oxygens (including phenoxy) is 2. The standard InChI is InChI=1S/C19H21NO5/c21-18(14-24-11-12-25-16-9-5-2-6-10-16)20-17(19(22)23)13-15-7-3-1-4-8-15/h1-10,17H,11-14H2,(H,20,21)(H,22,23). The fraction of sp³-hybridized carbons (Fsp3) is 0.263. The third-order valence-electron chi connectivity index (χ3n) is 3.39. The maximum absolute atomic E-state index is 11.8. The molecule has 2 aromatic carbocycles. The highest BCUT2D eigenvalue weighted by atomic mass is 16.5. The molecule has 0 spiro atoms. The van der Waals surface area contributed by atoms with Gasteiger partial charge in [0.15, 0.2) is 0 Å². The Labute approximate surface area is 146 Å². The summed E-state index contributed by atoms with van der Waals surface area (Å²) < 4.78 is 10.7. The van der Waals surface area contributed by atoms with Gasteiger partial charge in [-0.3, -0.25) is 4.79 Å². The van der Waals surface area contributed by atoms with Gasteiger partial charge in [-0.15, -0.1) is 0 Å². The number of rotatable bonds is 10. The van der Waals surface area contributed by atoms with E-state index in [4.69, 9.17) is 9.47 Å². The third-order valence-corrected chi connectivity index (χ3v) is 3.39. The molecular formula is C19H21NO5. The van der Waals surface area contributed by atoms with Crippen molar-refractivity contribution in [2.75, 3.05) is 19.8 Å². The summed E-state index contributed by atoms with van der Waals surface area (Å²) in [4.78, 5) is 23.1. The summed E-state index contributed by atoms with van der Waals surface area (Å²) in [5.74, 6) is -0.822. The SMILES string of the molecule is O=C(COCCOc1ccccc1)NC(Cc1ccccc1)C(=O)O. The highest BCUT2D eigenvalue weighted by Gasteiger charge is 2.20. The van der Waals surface area contributed by atoms with Gasteiger partial charge in [0.05, 0.1) is 6.61 Å². The molecule has 2 N–H and O–H groups in total. The number of amides is 1. The van der Waals surface area contributed by atoms with Gasteiger partial charge in [-0.05, 0) is 17.7 Å². The lowest BCUT2D eigenvalue weighted by Gasteiger charge is -2.15. The monoisotopic (exact) mass is 343 g/mol. The predicted molar refractivity (Wildman–Crippen MR) is 92.5 cm³/mol. The van der Waals surface area contributed by atoms with Gasteiger partial charge in [0.2, 0.25) is 5.91 Å². The lowest BCUT2D eigenvalue weighted by Crippen LogP contribution is -2.44. The van der Waals surface area contributed by atoms with Crippen LogP contribution in [0.1, 0.15) is 5.56 Å². The van der Waals surface area contributed by atoms with Gasteiger partial charge in [-0.1, -0.05) is 48.5 Å². The van der Waals surface area contributed by atoms with Crippen LogP contribution >= 0.6 is 0 Å². The summed E-state index contributed by atoms with van der Waals surface area (Å²) in [6.45, 7) is 0.332. The van der Waals surface area contributed by atoms with Crippen molar-refractivity contribution in [3.05, 3.63) is 66.2 Å². The van der Waals surface area contributed by atoms with Gasteiger partial charge >= 0.3 is 5.97 Å². The molecule has 1 atom stereocenters. The Morgan fingerprint density at radius 3 is 2.24 bits per heavy atom.